The molecule has 0 saturated carbocycles. The predicted octanol–water partition coefficient (Wildman–Crippen LogP) is 4.73. The van der Waals surface area contributed by atoms with Gasteiger partial charge >= 0.3 is 41.3 Å². The Labute approximate surface area is 107 Å². The van der Waals surface area contributed by atoms with E-state index in [2.05, 4.69) is 69.7 Å². The first-order chi connectivity index (χ1) is 6.83. The van der Waals surface area contributed by atoms with Crippen LogP contribution in [0.3, 0.4) is 0 Å². The van der Waals surface area contributed by atoms with E-state index in [1.54, 1.807) is 0 Å². The van der Waals surface area contributed by atoms with Crippen molar-refractivity contribution in [2.24, 2.45) is 0 Å². The Morgan fingerprint density at radius 3 is 2.43 bits per heavy atom. The van der Waals surface area contributed by atoms with Crippen LogP contribution in [-0.4, -0.2) is 0 Å². The van der Waals surface area contributed by atoms with Crippen molar-refractivity contribution < 1.29 is 15.0 Å². The van der Waals surface area contributed by atoms with Crippen molar-refractivity contribution >= 4 is 32.4 Å². The summed E-state index contributed by atoms with van der Waals surface area (Å²) in [7, 11) is 0. The van der Waals surface area contributed by atoms with Gasteiger partial charge in [-0.25, -0.2) is 0 Å². The third kappa shape index (κ3) is 3.34. The van der Waals surface area contributed by atoms with Gasteiger partial charge in [0.25, 0.3) is 0 Å². The third-order valence-corrected chi connectivity index (χ3v) is 2.15. The van der Waals surface area contributed by atoms with Gasteiger partial charge in [0.1, 0.15) is 0 Å². The molecule has 0 aliphatic heterocycles. The molecule has 0 fully saturated rings. The summed E-state index contributed by atoms with van der Waals surface area (Å²) in [6.07, 6.45) is 5.53. The molecule has 0 heterocycles. The Hall–Kier alpha value is 0.634. The van der Waals surface area contributed by atoms with Crippen LogP contribution in [0.4, 0.5) is 0 Å². The molecule has 2 rings (SSSR count). The summed E-state index contributed by atoms with van der Waals surface area (Å²) in [5, 5.41) is 0. The maximum absolute atomic E-state index is 3.19. The topological polar surface area (TPSA) is 0 Å². The molecule has 14 heavy (non-hydrogen) atoms. The summed E-state index contributed by atoms with van der Waals surface area (Å²) in [5.74, 6) is 1.46. The number of benzene rings is 1. The molecule has 0 atom stereocenters. The summed E-state index contributed by atoms with van der Waals surface area (Å²) in [4.78, 5) is 0. The zero-order chi connectivity index (χ0) is 10.4. The van der Waals surface area contributed by atoms with Crippen LogP contribution >= 0.6 is 26.3 Å². The Morgan fingerprint density at radius 1 is 1.14 bits per heavy atom. The SMILES string of the molecule is CC[C]1C=Cc2ccccc21.[Br][Ti][Br]. The van der Waals surface area contributed by atoms with Gasteiger partial charge < -0.3 is 0 Å². The minimum atomic E-state index is 0.125. The van der Waals surface area contributed by atoms with Crippen molar-refractivity contribution in [1.82, 2.24) is 0 Å². The van der Waals surface area contributed by atoms with E-state index in [1.165, 1.54) is 17.0 Å². The molecular weight excluding hydrogens is 340 g/mol. The van der Waals surface area contributed by atoms with Gasteiger partial charge in [0.05, 0.1) is 0 Å². The van der Waals surface area contributed by atoms with Crippen LogP contribution in [0.1, 0.15) is 24.5 Å². The zero-order valence-electron chi connectivity index (χ0n) is 7.93. The molecule has 0 N–H and O–H groups in total. The van der Waals surface area contributed by atoms with E-state index < -0.39 is 0 Å². The molecule has 0 bridgehead atoms. The van der Waals surface area contributed by atoms with Crippen LogP contribution in [0.25, 0.3) is 6.08 Å². The average Bonchev–Trinajstić information content (AvgIpc) is 2.62. The first kappa shape index (κ1) is 12.7. The summed E-state index contributed by atoms with van der Waals surface area (Å²) in [5.41, 5.74) is 2.78. The van der Waals surface area contributed by atoms with Gasteiger partial charge in [-0.05, 0) is 17.5 Å². The van der Waals surface area contributed by atoms with Gasteiger partial charge in [0, 0.05) is 5.92 Å². The van der Waals surface area contributed by atoms with Crippen LogP contribution in [0.15, 0.2) is 30.3 Å². The van der Waals surface area contributed by atoms with E-state index >= 15 is 0 Å². The van der Waals surface area contributed by atoms with E-state index in [0.29, 0.717) is 0 Å². The number of hydrogen-bond acceptors (Lipinski definition) is 0. The second-order valence-electron chi connectivity index (χ2n) is 2.87. The first-order valence-corrected chi connectivity index (χ1v) is 12.1. The van der Waals surface area contributed by atoms with Gasteiger partial charge in [-0.15, -0.1) is 0 Å². The van der Waals surface area contributed by atoms with Crippen LogP contribution in [0.5, 0.6) is 0 Å². The fraction of sp³-hybridized carbons (Fsp3) is 0.182. The van der Waals surface area contributed by atoms with Crippen LogP contribution in [-0.2, 0) is 15.0 Å². The molecule has 1 aliphatic rings. The van der Waals surface area contributed by atoms with Gasteiger partial charge in [-0.1, -0.05) is 43.3 Å². The normalized spacial score (nSPS) is 13.1. The Kier molecular flexibility index (Phi) is 6.35. The molecule has 3 heteroatoms. The quantitative estimate of drug-likeness (QED) is 0.642. The van der Waals surface area contributed by atoms with Crippen molar-refractivity contribution in [3.05, 3.63) is 47.4 Å². The molecule has 0 amide bonds. The van der Waals surface area contributed by atoms with Crippen molar-refractivity contribution in [2.75, 3.05) is 0 Å². The molecule has 73 valence electrons. The van der Waals surface area contributed by atoms with Gasteiger partial charge in [-0.3, -0.25) is 0 Å². The van der Waals surface area contributed by atoms with Crippen LogP contribution < -0.4 is 0 Å². The van der Waals surface area contributed by atoms with Gasteiger partial charge in [0.15, 0.2) is 0 Å². The van der Waals surface area contributed by atoms with Crippen molar-refractivity contribution in [3.63, 3.8) is 0 Å². The molecule has 1 aliphatic carbocycles. The fourth-order valence-corrected chi connectivity index (χ4v) is 1.52. The molecule has 0 spiro atoms. The van der Waals surface area contributed by atoms with E-state index in [-0.39, 0.29) is 15.0 Å². The second-order valence-corrected chi connectivity index (χ2v) is 10.8. The Morgan fingerprint density at radius 2 is 1.79 bits per heavy atom. The molecule has 0 aromatic heterocycles. The van der Waals surface area contributed by atoms with Gasteiger partial charge in [0.2, 0.25) is 0 Å². The summed E-state index contributed by atoms with van der Waals surface area (Å²) in [6.45, 7) is 2.20. The predicted molar refractivity (Wildman–Crippen MR) is 66.0 cm³/mol. The first-order valence-electron chi connectivity index (χ1n) is 4.43. The van der Waals surface area contributed by atoms with Crippen LogP contribution in [0, 0.1) is 5.92 Å². The molecule has 0 saturated heterocycles. The average molecular weight is 351 g/mol. The van der Waals surface area contributed by atoms with E-state index in [1.807, 2.05) is 0 Å². The van der Waals surface area contributed by atoms with Gasteiger partial charge in [-0.2, -0.15) is 0 Å². The Balaban J connectivity index is 0.000000293. The molecule has 1 aromatic carbocycles. The van der Waals surface area contributed by atoms with E-state index in [9.17, 15) is 0 Å². The summed E-state index contributed by atoms with van der Waals surface area (Å²) in [6, 6.07) is 8.53. The third-order valence-electron chi connectivity index (χ3n) is 2.15. The number of allylic oxidation sites excluding steroid dienone is 1. The Bertz CT molecular complexity index is 310. The van der Waals surface area contributed by atoms with Crippen molar-refractivity contribution in [2.45, 2.75) is 13.3 Å². The van der Waals surface area contributed by atoms with Crippen molar-refractivity contribution in [1.29, 1.82) is 0 Å². The van der Waals surface area contributed by atoms with E-state index in [4.69, 9.17) is 0 Å². The van der Waals surface area contributed by atoms with Crippen molar-refractivity contribution in [3.8, 4) is 0 Å². The number of hydrogen-bond donors (Lipinski definition) is 0. The zero-order valence-corrected chi connectivity index (χ0v) is 12.7. The number of rotatable bonds is 1. The fourth-order valence-electron chi connectivity index (χ4n) is 1.52. The molecule has 0 unspecified atom stereocenters. The second kappa shape index (κ2) is 7.00. The summed E-state index contributed by atoms with van der Waals surface area (Å²) < 4.78 is 0. The number of fused-ring (bicyclic) bond motifs is 1. The monoisotopic (exact) mass is 349 g/mol. The van der Waals surface area contributed by atoms with Crippen LogP contribution in [0.2, 0.25) is 0 Å². The number of halogens is 2. The summed E-state index contributed by atoms with van der Waals surface area (Å²) >= 11 is 6.50. The maximum atomic E-state index is 3.19. The molecule has 0 nitrogen and oxygen atoms in total. The molecular formula is C11H11Br2Ti. The minimum absolute atomic E-state index is 0.125. The standard InChI is InChI=1S/C11H11.2BrH.Ti/c1-2-9-7-8-10-5-3-4-6-11(9)10;;;/h3-8H,2H2,1H3;2*1H;/q;;;+2/p-2. The van der Waals surface area contributed by atoms with E-state index in [0.717, 1.165) is 6.42 Å². The molecule has 1 radical (unpaired) electrons. The molecule has 1 aromatic rings.